The summed E-state index contributed by atoms with van der Waals surface area (Å²) in [7, 11) is -25.0. The van der Waals surface area contributed by atoms with Crippen molar-refractivity contribution in [2.75, 3.05) is 40.8 Å². The Morgan fingerprint density at radius 3 is 0.800 bits per heavy atom. The summed E-state index contributed by atoms with van der Waals surface area (Å²) in [6, 6.07) is 15.1. The molecule has 0 aliphatic carbocycles. The van der Waals surface area contributed by atoms with E-state index in [4.69, 9.17) is 37.2 Å². The summed E-state index contributed by atoms with van der Waals surface area (Å²) >= 11 is 0. The fourth-order valence-corrected chi connectivity index (χ4v) is 13.2. The van der Waals surface area contributed by atoms with E-state index in [9.17, 15) is 65.1 Å². The Morgan fingerprint density at radius 2 is 0.671 bits per heavy atom. The van der Waals surface area contributed by atoms with Gasteiger partial charge in [-0.1, -0.05) is 0 Å². The molecule has 0 bridgehead atoms. The van der Waals surface area contributed by atoms with Gasteiger partial charge in [0.1, 0.15) is 63.5 Å². The number of halogens is 3. The maximum Gasteiger partial charge on any atom is 2.00 e. The Morgan fingerprint density at radius 1 is 0.500 bits per heavy atom. The van der Waals surface area contributed by atoms with Crippen molar-refractivity contribution in [3.05, 3.63) is 80.2 Å². The molecule has 0 unspecified atom stereocenters. The molecule has 0 fully saturated rings. The molecule has 0 saturated heterocycles. The van der Waals surface area contributed by atoms with E-state index in [0.717, 1.165) is 48.5 Å². The van der Waals surface area contributed by atoms with Gasteiger partial charge in [-0.25, -0.2) is 42.1 Å². The first kappa shape index (κ1) is 79.3. The van der Waals surface area contributed by atoms with Gasteiger partial charge in [-0.2, -0.15) is 18.4 Å². The summed E-state index contributed by atoms with van der Waals surface area (Å²) < 4.78 is 226. The second-order valence-corrected chi connectivity index (χ2v) is 23.4. The topological polar surface area (TPSA) is 347 Å². The number of benzene rings is 4. The van der Waals surface area contributed by atoms with E-state index in [0.29, 0.717) is 0 Å². The van der Waals surface area contributed by atoms with Crippen LogP contribution in [0, 0.1) is 18.8 Å². The molecule has 0 aliphatic heterocycles. The molecular weight excluding hydrogens is 1220 g/mol. The Bertz CT molecular complexity index is 2620. The summed E-state index contributed by atoms with van der Waals surface area (Å²) in [6.07, 6.45) is 0.131. The van der Waals surface area contributed by atoms with E-state index >= 15 is 0 Å². The van der Waals surface area contributed by atoms with Gasteiger partial charge in [-0.05, 0) is 107 Å². The van der Waals surface area contributed by atoms with E-state index in [1.54, 1.807) is 6.07 Å². The standard InChI is InChI=1S/C31H34O16P2S4.C2H3N.CHF3O3S.CH3.4Na.Pd/c1-44-24-10-6-20(50(32,33)34)16-28(24)48(29-17-21(51(35,36)37)7-11-25(29)45-2)14-5-15-49(30-18-22(52(38,39)40)8-12-26(30)46-3)31-19-23(53(41,42)43)9-13-27(31)47-4;1-2-3;2-1(3,4)8(5,6)7;;;;;;/h6-13,16-19H,5,14-15H2,1-4H3,(H,32,33,34)(H,35,36,37)(H,38,39,40)(H,41,42,43);1H3;(H,5,6,7);1H3;;;;;/q;;;-1;4*+1;+2/p-5. The first-order valence-corrected chi connectivity index (χ1v) is 26.8. The first-order chi connectivity index (χ1) is 29.3. The second-order valence-electron chi connectivity index (χ2n) is 11.9. The molecule has 370 valence electrons. The molecular formula is C35H36F3NNa4O19P2PdS5. The van der Waals surface area contributed by atoms with Gasteiger partial charge in [0.15, 0.2) is 10.1 Å². The number of hydrogen-bond acceptors (Lipinski definition) is 20. The molecule has 0 N–H and O–H groups in total. The smallest absolute Gasteiger partial charge is 0.744 e. The van der Waals surface area contributed by atoms with Crippen LogP contribution in [0.4, 0.5) is 13.2 Å². The molecule has 0 heterocycles. The van der Waals surface area contributed by atoms with Crippen molar-refractivity contribution >= 4 is 87.7 Å². The molecule has 20 nitrogen and oxygen atoms in total. The van der Waals surface area contributed by atoms with E-state index in [2.05, 4.69) is 0 Å². The minimum absolute atomic E-state index is 0. The summed E-state index contributed by atoms with van der Waals surface area (Å²) in [4.78, 5) is -2.52. The van der Waals surface area contributed by atoms with Crippen LogP contribution in [0.15, 0.2) is 92.4 Å². The molecule has 0 saturated carbocycles. The molecule has 4 aromatic carbocycles. The molecule has 4 aromatic rings. The Hall–Kier alpha value is 0.432. The maximum atomic E-state index is 12.1. The predicted molar refractivity (Wildman–Crippen MR) is 224 cm³/mol. The predicted octanol–water partition coefficient (Wildman–Crippen LogP) is -9.66. The SMILES string of the molecule is CC#N.COc1ccc(S(=O)(=O)[O-])cc1P(CCCP(c1cc(S(=O)(=O)[O-])ccc1OC)c1cc(S(=O)(=O)[O-])ccc1OC)c1cc(S(=O)(=O)[O-])ccc1OC.O=S(=O)([O-])C(F)(F)F.[CH3-].[Na+].[Na+].[Na+].[Na+].[Pd+2]. The fourth-order valence-electron chi connectivity index (χ4n) is 5.27. The van der Waals surface area contributed by atoms with Gasteiger partial charge in [0.05, 0.1) is 54.1 Å². The van der Waals surface area contributed by atoms with Gasteiger partial charge in [0.25, 0.3) is 0 Å². The maximum absolute atomic E-state index is 12.1. The first-order valence-electron chi connectivity index (χ1n) is 16.7. The third kappa shape index (κ3) is 23.4. The van der Waals surface area contributed by atoms with Crippen molar-refractivity contribution in [1.82, 2.24) is 0 Å². The third-order valence-electron chi connectivity index (χ3n) is 7.97. The Labute approximate surface area is 510 Å². The van der Waals surface area contributed by atoms with Crippen LogP contribution < -0.4 is 158 Å². The molecule has 0 atom stereocenters. The van der Waals surface area contributed by atoms with Crippen LogP contribution in [0.1, 0.15) is 13.3 Å². The van der Waals surface area contributed by atoms with Crippen LogP contribution in [0.5, 0.6) is 23.0 Å². The van der Waals surface area contributed by atoms with Crippen molar-refractivity contribution in [1.29, 1.82) is 5.26 Å². The molecule has 35 heteroatoms. The van der Waals surface area contributed by atoms with Gasteiger partial charge in [0, 0.05) is 28.1 Å². The number of methoxy groups -OCH3 is 4. The number of rotatable bonds is 16. The zero-order valence-corrected chi connectivity index (χ0v) is 54.1. The van der Waals surface area contributed by atoms with E-state index in [1.807, 2.05) is 0 Å². The minimum atomic E-state index is -6.09. The third-order valence-corrected chi connectivity index (χ3v) is 17.1. The van der Waals surface area contributed by atoms with Gasteiger partial charge < -0.3 is 49.1 Å². The summed E-state index contributed by atoms with van der Waals surface area (Å²) in [5, 5.41) is 7.92. The number of ether oxygens (including phenoxy) is 4. The van der Waals surface area contributed by atoms with Crippen molar-refractivity contribution < 1.29 is 236 Å². The molecule has 4 rings (SSSR count). The van der Waals surface area contributed by atoms with Crippen LogP contribution in [0.2, 0.25) is 0 Å². The molecule has 70 heavy (non-hydrogen) atoms. The Balaban J connectivity index is -0.000000745. The molecule has 0 aromatic heterocycles. The summed E-state index contributed by atoms with van der Waals surface area (Å²) in [5.74, 6) is 0.419. The number of nitriles is 1. The van der Waals surface area contributed by atoms with Crippen molar-refractivity contribution in [2.24, 2.45) is 0 Å². The average molecular weight is 1250 g/mol. The van der Waals surface area contributed by atoms with Crippen molar-refractivity contribution in [3.8, 4) is 29.1 Å². The van der Waals surface area contributed by atoms with E-state index < -0.39 is 91.5 Å². The molecule has 0 spiro atoms. The number of alkyl halides is 3. The zero-order valence-electron chi connectivity index (χ0n) is 38.6. The monoisotopic (exact) mass is 1250 g/mol. The quantitative estimate of drug-likeness (QED) is 0.0330. The van der Waals surface area contributed by atoms with Gasteiger partial charge in [-0.15, -0.1) is 0 Å². The van der Waals surface area contributed by atoms with Crippen LogP contribution in [0.3, 0.4) is 0 Å². The number of hydrogen-bond donors (Lipinski definition) is 0. The summed E-state index contributed by atoms with van der Waals surface area (Å²) in [6.45, 7) is 1.43. The molecule has 0 amide bonds. The molecule has 0 radical (unpaired) electrons. The van der Waals surface area contributed by atoms with Crippen LogP contribution in [0.25, 0.3) is 0 Å². The van der Waals surface area contributed by atoms with Crippen LogP contribution in [-0.2, 0) is 71.0 Å². The van der Waals surface area contributed by atoms with Crippen LogP contribution >= 0.6 is 15.8 Å². The van der Waals surface area contributed by atoms with Crippen LogP contribution in [-0.4, -0.2) is 111 Å². The average Bonchev–Trinajstić information content (AvgIpc) is 3.18. The Kier molecular flexibility index (Phi) is 38.0. The number of nitrogens with zero attached hydrogens (tertiary/aromatic N) is 1. The fraction of sp³-hybridized carbons (Fsp3) is 0.257. The van der Waals surface area contributed by atoms with Gasteiger partial charge >= 0.3 is 144 Å². The largest absolute Gasteiger partial charge is 2.00 e. The van der Waals surface area contributed by atoms with Crippen molar-refractivity contribution in [2.45, 2.75) is 38.4 Å². The van der Waals surface area contributed by atoms with E-state index in [1.165, 1.54) is 59.6 Å². The van der Waals surface area contributed by atoms with Crippen molar-refractivity contribution in [3.63, 3.8) is 0 Å². The van der Waals surface area contributed by atoms with Gasteiger partial charge in [0.2, 0.25) is 0 Å². The zero-order chi connectivity index (χ0) is 49.2. The van der Waals surface area contributed by atoms with E-state index in [-0.39, 0.29) is 209 Å². The molecule has 0 aliphatic rings. The van der Waals surface area contributed by atoms with Gasteiger partial charge in [-0.3, -0.25) is 0 Å². The normalized spacial score (nSPS) is 11.2. The second kappa shape index (κ2) is 33.6. The summed E-state index contributed by atoms with van der Waals surface area (Å²) in [5.41, 5.74) is -5.65. The minimum Gasteiger partial charge on any atom is -0.744 e.